The van der Waals surface area contributed by atoms with E-state index in [2.05, 4.69) is 0 Å². The summed E-state index contributed by atoms with van der Waals surface area (Å²) in [5.74, 6) is 0. The van der Waals surface area contributed by atoms with Gasteiger partial charge in [-0.15, -0.1) is 0 Å². The minimum Gasteiger partial charge on any atom is -0.353 e. The smallest absolute Gasteiger partial charge is 0.264 e. The topological polar surface area (TPSA) is 124 Å². The van der Waals surface area contributed by atoms with Crippen LogP contribution in [0.25, 0.3) is 0 Å². The molecule has 0 N–H and O–H groups in total. The van der Waals surface area contributed by atoms with E-state index in [4.69, 9.17) is 27.3 Å². The molecular formula is C16H22O10S2. The summed E-state index contributed by atoms with van der Waals surface area (Å²) >= 11 is 0. The molecule has 2 heterocycles. The van der Waals surface area contributed by atoms with Crippen LogP contribution in [0.5, 0.6) is 0 Å². The Labute approximate surface area is 163 Å². The molecule has 1 unspecified atom stereocenters. The molecule has 2 aliphatic heterocycles. The van der Waals surface area contributed by atoms with Crippen molar-refractivity contribution in [3.63, 3.8) is 0 Å². The van der Waals surface area contributed by atoms with E-state index in [9.17, 15) is 16.8 Å². The SMILES string of the molecule is CO[C@H]1O[C@@H]2COC(c3ccccc3)O[C@H]2[C@H](OS(C)(=O)=O)[C@H]1OS(C)(=O)=O. The Bertz CT molecular complexity index is 870. The van der Waals surface area contributed by atoms with Crippen LogP contribution in [-0.2, 0) is 47.5 Å². The number of hydrogen-bond acceptors (Lipinski definition) is 10. The van der Waals surface area contributed by atoms with Crippen molar-refractivity contribution in [1.82, 2.24) is 0 Å². The highest BCUT2D eigenvalue weighted by atomic mass is 32.2. The van der Waals surface area contributed by atoms with E-state index in [1.165, 1.54) is 7.11 Å². The summed E-state index contributed by atoms with van der Waals surface area (Å²) < 4.78 is 79.7. The maximum Gasteiger partial charge on any atom is 0.264 e. The molecule has 28 heavy (non-hydrogen) atoms. The van der Waals surface area contributed by atoms with Crippen molar-refractivity contribution in [3.8, 4) is 0 Å². The molecule has 0 aliphatic carbocycles. The second-order valence-corrected chi connectivity index (χ2v) is 9.69. The molecule has 0 bridgehead atoms. The van der Waals surface area contributed by atoms with Gasteiger partial charge in [-0.3, -0.25) is 8.37 Å². The van der Waals surface area contributed by atoms with E-state index in [0.29, 0.717) is 5.56 Å². The molecule has 3 rings (SSSR count). The molecule has 2 fully saturated rings. The molecule has 158 valence electrons. The summed E-state index contributed by atoms with van der Waals surface area (Å²) in [6.07, 6.45) is -4.79. The third kappa shape index (κ3) is 5.27. The van der Waals surface area contributed by atoms with Crippen LogP contribution in [0.15, 0.2) is 30.3 Å². The van der Waals surface area contributed by atoms with Crippen molar-refractivity contribution in [2.45, 2.75) is 37.0 Å². The van der Waals surface area contributed by atoms with Gasteiger partial charge in [-0.25, -0.2) is 0 Å². The van der Waals surface area contributed by atoms with Gasteiger partial charge in [-0.05, 0) is 0 Å². The Morgan fingerprint density at radius 1 is 0.929 bits per heavy atom. The lowest BCUT2D eigenvalue weighted by Gasteiger charge is -2.47. The van der Waals surface area contributed by atoms with Crippen molar-refractivity contribution in [2.24, 2.45) is 0 Å². The lowest BCUT2D eigenvalue weighted by Crippen LogP contribution is -2.64. The molecule has 10 nitrogen and oxygen atoms in total. The fourth-order valence-corrected chi connectivity index (χ4v) is 4.36. The fourth-order valence-electron chi connectivity index (χ4n) is 3.13. The second-order valence-electron chi connectivity index (χ2n) is 6.49. The average Bonchev–Trinajstić information content (AvgIpc) is 2.61. The van der Waals surface area contributed by atoms with E-state index >= 15 is 0 Å². The van der Waals surface area contributed by atoms with Crippen molar-refractivity contribution < 1.29 is 44.1 Å². The standard InChI is InChI=1S/C16H22O10S2/c1-21-16-14(26-28(3,19)20)13(25-27(2,17)18)12-11(23-16)9-22-15(24-12)10-7-5-4-6-8-10/h4-8,11-16H,9H2,1-3H3/t11-,12-,13+,14-,15?,16+/m1/s1. The Morgan fingerprint density at radius 3 is 2.11 bits per heavy atom. The first-order valence-electron chi connectivity index (χ1n) is 8.34. The maximum absolute atomic E-state index is 11.8. The summed E-state index contributed by atoms with van der Waals surface area (Å²) in [5, 5.41) is 0. The second kappa shape index (κ2) is 8.32. The predicted octanol–water partition coefficient (Wildman–Crippen LogP) is 0.162. The summed E-state index contributed by atoms with van der Waals surface area (Å²) in [5.41, 5.74) is 0.702. The molecule has 6 atom stereocenters. The van der Waals surface area contributed by atoms with Gasteiger partial charge in [-0.2, -0.15) is 16.8 Å². The van der Waals surface area contributed by atoms with Crippen LogP contribution in [0.4, 0.5) is 0 Å². The van der Waals surface area contributed by atoms with Crippen LogP contribution in [0.2, 0.25) is 0 Å². The number of benzene rings is 1. The largest absolute Gasteiger partial charge is 0.353 e. The number of hydrogen-bond donors (Lipinski definition) is 0. The van der Waals surface area contributed by atoms with Crippen molar-refractivity contribution in [1.29, 1.82) is 0 Å². The highest BCUT2D eigenvalue weighted by Crippen LogP contribution is 2.37. The molecule has 2 saturated heterocycles. The molecule has 1 aromatic rings. The first kappa shape index (κ1) is 21.6. The Hall–Kier alpha value is -1.12. The number of rotatable bonds is 6. The maximum atomic E-state index is 11.8. The minimum atomic E-state index is -3.98. The lowest BCUT2D eigenvalue weighted by molar-refractivity contribution is -0.351. The highest BCUT2D eigenvalue weighted by molar-refractivity contribution is 7.86. The first-order valence-corrected chi connectivity index (χ1v) is 12.0. The molecule has 0 aromatic heterocycles. The van der Waals surface area contributed by atoms with Crippen LogP contribution in [0.1, 0.15) is 11.9 Å². The van der Waals surface area contributed by atoms with Gasteiger partial charge in [0.2, 0.25) is 0 Å². The van der Waals surface area contributed by atoms with Gasteiger partial charge < -0.3 is 18.9 Å². The third-order valence-corrected chi connectivity index (χ3v) is 5.30. The summed E-state index contributed by atoms with van der Waals surface area (Å²) in [4.78, 5) is 0. The molecule has 0 spiro atoms. The molecule has 2 aliphatic rings. The van der Waals surface area contributed by atoms with Gasteiger partial charge >= 0.3 is 0 Å². The number of ether oxygens (including phenoxy) is 4. The quantitative estimate of drug-likeness (QED) is 0.567. The molecule has 12 heteroatoms. The summed E-state index contributed by atoms with van der Waals surface area (Å²) in [6, 6.07) is 8.99. The van der Waals surface area contributed by atoms with Crippen molar-refractivity contribution in [2.75, 3.05) is 26.2 Å². The van der Waals surface area contributed by atoms with E-state index in [1.54, 1.807) is 24.3 Å². The molecular weight excluding hydrogens is 416 g/mol. The van der Waals surface area contributed by atoms with Gasteiger partial charge in [0.15, 0.2) is 18.7 Å². The van der Waals surface area contributed by atoms with Gasteiger partial charge in [-0.1, -0.05) is 30.3 Å². The zero-order chi connectivity index (χ0) is 20.5. The van der Waals surface area contributed by atoms with Gasteiger partial charge in [0.05, 0.1) is 19.1 Å². The predicted molar refractivity (Wildman–Crippen MR) is 95.1 cm³/mol. The number of methoxy groups -OCH3 is 1. The summed E-state index contributed by atoms with van der Waals surface area (Å²) in [7, 11) is -6.69. The van der Waals surface area contributed by atoms with Crippen LogP contribution in [-0.4, -0.2) is 73.8 Å². The van der Waals surface area contributed by atoms with Gasteiger partial charge in [0.1, 0.15) is 18.3 Å². The van der Waals surface area contributed by atoms with Gasteiger partial charge in [0.25, 0.3) is 20.2 Å². The zero-order valence-corrected chi connectivity index (χ0v) is 17.1. The normalized spacial score (nSPS) is 34.0. The van der Waals surface area contributed by atoms with E-state index in [-0.39, 0.29) is 6.61 Å². The van der Waals surface area contributed by atoms with Crippen molar-refractivity contribution >= 4 is 20.2 Å². The van der Waals surface area contributed by atoms with Crippen LogP contribution in [0, 0.1) is 0 Å². The van der Waals surface area contributed by atoms with Crippen LogP contribution >= 0.6 is 0 Å². The van der Waals surface area contributed by atoms with E-state index < -0.39 is 57.2 Å². The van der Waals surface area contributed by atoms with Crippen LogP contribution in [0.3, 0.4) is 0 Å². The molecule has 0 amide bonds. The average molecular weight is 438 g/mol. The molecule has 0 saturated carbocycles. The minimum absolute atomic E-state index is 0.0549. The van der Waals surface area contributed by atoms with Gasteiger partial charge in [0, 0.05) is 12.7 Å². The number of fused-ring (bicyclic) bond motifs is 1. The molecule has 0 radical (unpaired) electrons. The monoisotopic (exact) mass is 438 g/mol. The highest BCUT2D eigenvalue weighted by Gasteiger charge is 2.54. The van der Waals surface area contributed by atoms with E-state index in [0.717, 1.165) is 12.5 Å². The fraction of sp³-hybridized carbons (Fsp3) is 0.625. The Balaban J connectivity index is 1.93. The van der Waals surface area contributed by atoms with E-state index in [1.807, 2.05) is 6.07 Å². The zero-order valence-electron chi connectivity index (χ0n) is 15.5. The van der Waals surface area contributed by atoms with Crippen molar-refractivity contribution in [3.05, 3.63) is 35.9 Å². The first-order chi connectivity index (χ1) is 13.1. The molecule has 1 aromatic carbocycles. The van der Waals surface area contributed by atoms with Crippen LogP contribution < -0.4 is 0 Å². The Kier molecular flexibility index (Phi) is 6.41. The third-order valence-electron chi connectivity index (χ3n) is 4.16. The summed E-state index contributed by atoms with van der Waals surface area (Å²) in [6.45, 7) is 0.0549. The lowest BCUT2D eigenvalue weighted by atomic mass is 9.98. The Morgan fingerprint density at radius 2 is 1.54 bits per heavy atom.